The van der Waals surface area contributed by atoms with Gasteiger partial charge in [-0.15, -0.1) is 0 Å². The number of rotatable bonds is 6. The molecular weight excluding hydrogens is 258 g/mol. The molecule has 1 N–H and O–H groups in total. The predicted molar refractivity (Wildman–Crippen MR) is 79.1 cm³/mol. The fourth-order valence-corrected chi connectivity index (χ4v) is 4.02. The van der Waals surface area contributed by atoms with Crippen LogP contribution < -0.4 is 5.32 Å². The number of aryl methyl sites for hydroxylation is 1. The predicted octanol–water partition coefficient (Wildman–Crippen LogP) is 2.48. The van der Waals surface area contributed by atoms with Gasteiger partial charge in [0.2, 0.25) is 0 Å². The van der Waals surface area contributed by atoms with Crippen LogP contribution in [0.4, 0.5) is 0 Å². The quantitative estimate of drug-likeness (QED) is 0.871. The van der Waals surface area contributed by atoms with Crippen molar-refractivity contribution in [3.63, 3.8) is 0 Å². The smallest absolute Gasteiger partial charge is 0.151 e. The molecule has 0 aliphatic heterocycles. The van der Waals surface area contributed by atoms with E-state index in [1.165, 1.54) is 17.5 Å². The highest BCUT2D eigenvalue weighted by Gasteiger charge is 2.19. The second kappa shape index (κ2) is 6.53. The Morgan fingerprint density at radius 3 is 2.84 bits per heavy atom. The van der Waals surface area contributed by atoms with Crippen molar-refractivity contribution in [1.29, 1.82) is 0 Å². The zero-order valence-electron chi connectivity index (χ0n) is 11.6. The van der Waals surface area contributed by atoms with Crippen molar-refractivity contribution < 1.29 is 8.42 Å². The van der Waals surface area contributed by atoms with Crippen molar-refractivity contribution in [2.75, 3.05) is 18.1 Å². The van der Waals surface area contributed by atoms with Crippen LogP contribution in [-0.2, 0) is 16.3 Å². The summed E-state index contributed by atoms with van der Waals surface area (Å²) in [5, 5.41) is 3.41. The molecule has 0 spiro atoms. The summed E-state index contributed by atoms with van der Waals surface area (Å²) in [7, 11) is -2.87. The molecule has 1 aliphatic carbocycles. The average molecular weight is 281 g/mol. The van der Waals surface area contributed by atoms with Gasteiger partial charge < -0.3 is 5.32 Å². The number of fused-ring (bicyclic) bond motifs is 1. The summed E-state index contributed by atoms with van der Waals surface area (Å²) in [6.07, 6.45) is 4.12. The van der Waals surface area contributed by atoms with Crippen molar-refractivity contribution in [2.45, 2.75) is 38.6 Å². The zero-order chi connectivity index (χ0) is 13.7. The molecule has 1 aromatic carbocycles. The summed E-state index contributed by atoms with van der Waals surface area (Å²) in [5.41, 5.74) is 2.75. The molecule has 0 fully saturated rings. The lowest BCUT2D eigenvalue weighted by molar-refractivity contribution is 0.470. The number of benzene rings is 1. The summed E-state index contributed by atoms with van der Waals surface area (Å²) in [6, 6.07) is 8.80. The lowest BCUT2D eigenvalue weighted by Crippen LogP contribution is -2.30. The standard InChI is InChI=1S/C15H23NO2S/c1-2-11-19(17,18)12-10-16-15-9-5-7-13-6-3-4-8-14(13)15/h3-4,6,8,15-16H,2,5,7,9-12H2,1H3. The Bertz CT molecular complexity index is 511. The average Bonchev–Trinajstić information content (AvgIpc) is 2.39. The van der Waals surface area contributed by atoms with Gasteiger partial charge in [-0.05, 0) is 36.8 Å². The molecule has 0 amide bonds. The summed E-state index contributed by atoms with van der Waals surface area (Å²) in [5.74, 6) is 0.551. The first-order valence-corrected chi connectivity index (χ1v) is 8.96. The second-order valence-corrected chi connectivity index (χ2v) is 7.55. The Morgan fingerprint density at radius 2 is 2.05 bits per heavy atom. The van der Waals surface area contributed by atoms with E-state index in [0.717, 1.165) is 12.8 Å². The third-order valence-corrected chi connectivity index (χ3v) is 5.54. The van der Waals surface area contributed by atoms with Gasteiger partial charge >= 0.3 is 0 Å². The molecule has 0 bridgehead atoms. The fraction of sp³-hybridized carbons (Fsp3) is 0.600. The van der Waals surface area contributed by atoms with Crippen LogP contribution in [0.2, 0.25) is 0 Å². The summed E-state index contributed by atoms with van der Waals surface area (Å²) >= 11 is 0. The summed E-state index contributed by atoms with van der Waals surface area (Å²) < 4.78 is 23.4. The normalized spacial score (nSPS) is 19.1. The monoisotopic (exact) mass is 281 g/mol. The van der Waals surface area contributed by atoms with Gasteiger partial charge in [0.1, 0.15) is 0 Å². The summed E-state index contributed by atoms with van der Waals surface area (Å²) in [6.45, 7) is 2.46. The minimum Gasteiger partial charge on any atom is -0.309 e. The fourth-order valence-electron chi connectivity index (χ4n) is 2.77. The van der Waals surface area contributed by atoms with Gasteiger partial charge in [0.05, 0.1) is 5.75 Å². The first-order valence-electron chi connectivity index (χ1n) is 7.14. The van der Waals surface area contributed by atoms with Crippen LogP contribution in [0.25, 0.3) is 0 Å². The molecule has 2 rings (SSSR count). The van der Waals surface area contributed by atoms with Crippen molar-refractivity contribution >= 4 is 9.84 Å². The van der Waals surface area contributed by atoms with E-state index in [9.17, 15) is 8.42 Å². The highest BCUT2D eigenvalue weighted by Crippen LogP contribution is 2.29. The van der Waals surface area contributed by atoms with Gasteiger partial charge in [0.25, 0.3) is 0 Å². The highest BCUT2D eigenvalue weighted by molar-refractivity contribution is 7.91. The van der Waals surface area contributed by atoms with Gasteiger partial charge in [-0.3, -0.25) is 0 Å². The van der Waals surface area contributed by atoms with E-state index >= 15 is 0 Å². The van der Waals surface area contributed by atoms with Gasteiger partial charge in [-0.25, -0.2) is 8.42 Å². The Labute approximate surface area is 116 Å². The Morgan fingerprint density at radius 1 is 1.26 bits per heavy atom. The molecule has 3 nitrogen and oxygen atoms in total. The maximum absolute atomic E-state index is 11.7. The van der Waals surface area contributed by atoms with Gasteiger partial charge in [-0.1, -0.05) is 31.2 Å². The van der Waals surface area contributed by atoms with E-state index in [-0.39, 0.29) is 5.75 Å². The highest BCUT2D eigenvalue weighted by atomic mass is 32.2. The number of sulfone groups is 1. The van der Waals surface area contributed by atoms with Crippen LogP contribution in [0.5, 0.6) is 0 Å². The van der Waals surface area contributed by atoms with E-state index in [4.69, 9.17) is 0 Å². The molecular formula is C15H23NO2S. The number of hydrogen-bond donors (Lipinski definition) is 1. The zero-order valence-corrected chi connectivity index (χ0v) is 12.4. The van der Waals surface area contributed by atoms with Crippen molar-refractivity contribution in [3.05, 3.63) is 35.4 Å². The van der Waals surface area contributed by atoms with Crippen molar-refractivity contribution in [3.8, 4) is 0 Å². The van der Waals surface area contributed by atoms with Gasteiger partial charge in [-0.2, -0.15) is 0 Å². The van der Waals surface area contributed by atoms with Gasteiger partial charge in [0.15, 0.2) is 9.84 Å². The molecule has 1 unspecified atom stereocenters. The van der Waals surface area contributed by atoms with E-state index < -0.39 is 9.84 Å². The molecule has 1 aromatic rings. The maximum Gasteiger partial charge on any atom is 0.151 e. The minimum absolute atomic E-state index is 0.250. The third kappa shape index (κ3) is 4.05. The third-order valence-electron chi connectivity index (χ3n) is 3.69. The van der Waals surface area contributed by atoms with Crippen LogP contribution >= 0.6 is 0 Å². The molecule has 106 valence electrons. The molecule has 0 aromatic heterocycles. The lowest BCUT2D eigenvalue weighted by atomic mass is 9.88. The van der Waals surface area contributed by atoms with Crippen LogP contribution in [0.1, 0.15) is 43.4 Å². The molecule has 1 aliphatic rings. The van der Waals surface area contributed by atoms with Crippen LogP contribution in [0, 0.1) is 0 Å². The largest absolute Gasteiger partial charge is 0.309 e. The van der Waals surface area contributed by atoms with E-state index in [2.05, 4.69) is 29.6 Å². The Hall–Kier alpha value is -0.870. The van der Waals surface area contributed by atoms with Gasteiger partial charge in [0, 0.05) is 18.3 Å². The van der Waals surface area contributed by atoms with Crippen LogP contribution in [-0.4, -0.2) is 26.5 Å². The molecule has 0 saturated heterocycles. The Balaban J connectivity index is 1.91. The first-order chi connectivity index (χ1) is 9.12. The molecule has 1 atom stereocenters. The van der Waals surface area contributed by atoms with Crippen molar-refractivity contribution in [1.82, 2.24) is 5.32 Å². The number of nitrogens with one attached hydrogen (secondary N) is 1. The lowest BCUT2D eigenvalue weighted by Gasteiger charge is -2.26. The summed E-state index contributed by atoms with van der Waals surface area (Å²) in [4.78, 5) is 0. The van der Waals surface area contributed by atoms with Crippen molar-refractivity contribution in [2.24, 2.45) is 0 Å². The van der Waals surface area contributed by atoms with E-state index in [1.54, 1.807) is 0 Å². The SMILES string of the molecule is CCCS(=O)(=O)CCNC1CCCc2ccccc21. The van der Waals surface area contributed by atoms with E-state index in [0.29, 0.717) is 24.8 Å². The number of hydrogen-bond acceptors (Lipinski definition) is 3. The Kier molecular flexibility index (Phi) is 4.99. The molecule has 4 heteroatoms. The molecule has 19 heavy (non-hydrogen) atoms. The second-order valence-electron chi connectivity index (χ2n) is 5.25. The molecule has 0 heterocycles. The van der Waals surface area contributed by atoms with Crippen LogP contribution in [0.3, 0.4) is 0 Å². The first kappa shape index (κ1) is 14.5. The maximum atomic E-state index is 11.7. The molecule has 0 saturated carbocycles. The molecule has 0 radical (unpaired) electrons. The van der Waals surface area contributed by atoms with E-state index in [1.807, 2.05) is 6.92 Å². The topological polar surface area (TPSA) is 46.2 Å². The van der Waals surface area contributed by atoms with Crippen LogP contribution in [0.15, 0.2) is 24.3 Å². The minimum atomic E-state index is -2.87.